The van der Waals surface area contributed by atoms with Crippen molar-refractivity contribution in [3.05, 3.63) is 95.6 Å². The molecular formula is C32H30N4O5. The molecule has 0 aliphatic carbocycles. The SMILES string of the molecule is COc1nc(-c2cccc3c2OC(CN2C(=O)c4ccccc4C2=O)CO3)ccc1Nc1ccc(CN(C)C)cc1. The van der Waals surface area contributed by atoms with Crippen molar-refractivity contribution in [2.75, 3.05) is 39.7 Å². The van der Waals surface area contributed by atoms with Crippen molar-refractivity contribution >= 4 is 23.2 Å². The maximum absolute atomic E-state index is 12.9. The molecule has 9 nitrogen and oxygen atoms in total. The van der Waals surface area contributed by atoms with Gasteiger partial charge in [-0.1, -0.05) is 30.3 Å². The fourth-order valence-corrected chi connectivity index (χ4v) is 5.09. The molecule has 3 heterocycles. The maximum atomic E-state index is 12.9. The summed E-state index contributed by atoms with van der Waals surface area (Å²) in [6, 6.07) is 24.4. The number of hydrogen-bond donors (Lipinski definition) is 1. The zero-order valence-electron chi connectivity index (χ0n) is 23.1. The highest BCUT2D eigenvalue weighted by molar-refractivity contribution is 6.21. The molecular weight excluding hydrogens is 520 g/mol. The number of hydrogen-bond acceptors (Lipinski definition) is 8. The number of methoxy groups -OCH3 is 1. The number of carbonyl (C=O) groups excluding carboxylic acids is 2. The Kier molecular flexibility index (Phi) is 7.03. The molecule has 0 spiro atoms. The third-order valence-electron chi connectivity index (χ3n) is 7.01. The predicted octanol–water partition coefficient (Wildman–Crippen LogP) is 5.00. The zero-order valence-corrected chi connectivity index (χ0v) is 23.1. The summed E-state index contributed by atoms with van der Waals surface area (Å²) in [7, 11) is 5.66. The van der Waals surface area contributed by atoms with Gasteiger partial charge in [-0.3, -0.25) is 14.5 Å². The third-order valence-corrected chi connectivity index (χ3v) is 7.01. The zero-order chi connectivity index (χ0) is 28.5. The van der Waals surface area contributed by atoms with Gasteiger partial charge in [-0.2, -0.15) is 0 Å². The van der Waals surface area contributed by atoms with Crippen LogP contribution in [0.15, 0.2) is 78.9 Å². The number of nitrogens with one attached hydrogen (secondary N) is 1. The van der Waals surface area contributed by atoms with Crippen molar-refractivity contribution in [1.29, 1.82) is 0 Å². The molecule has 1 atom stereocenters. The molecule has 0 saturated heterocycles. The topological polar surface area (TPSA) is 93.2 Å². The fraction of sp³-hybridized carbons (Fsp3) is 0.219. The van der Waals surface area contributed by atoms with Crippen LogP contribution in [0.3, 0.4) is 0 Å². The Bertz CT molecular complexity index is 1580. The van der Waals surface area contributed by atoms with E-state index in [-0.39, 0.29) is 25.0 Å². The van der Waals surface area contributed by atoms with E-state index in [9.17, 15) is 9.59 Å². The highest BCUT2D eigenvalue weighted by Gasteiger charge is 2.38. The number of carbonyl (C=O) groups is 2. The molecule has 4 aromatic rings. The highest BCUT2D eigenvalue weighted by Crippen LogP contribution is 2.42. The number of amides is 2. The minimum atomic E-state index is -0.538. The molecule has 2 aliphatic rings. The lowest BCUT2D eigenvalue weighted by atomic mass is 10.1. The first-order valence-corrected chi connectivity index (χ1v) is 13.3. The van der Waals surface area contributed by atoms with E-state index < -0.39 is 6.10 Å². The van der Waals surface area contributed by atoms with E-state index in [4.69, 9.17) is 19.2 Å². The van der Waals surface area contributed by atoms with Gasteiger partial charge in [-0.25, -0.2) is 4.98 Å². The van der Waals surface area contributed by atoms with E-state index in [2.05, 4.69) is 22.3 Å². The average molecular weight is 551 g/mol. The van der Waals surface area contributed by atoms with Crippen LogP contribution in [0.4, 0.5) is 11.4 Å². The van der Waals surface area contributed by atoms with Crippen LogP contribution in [-0.4, -0.2) is 67.1 Å². The fourth-order valence-electron chi connectivity index (χ4n) is 5.09. The van der Waals surface area contributed by atoms with E-state index in [1.165, 1.54) is 10.5 Å². The van der Waals surface area contributed by atoms with Gasteiger partial charge in [0.2, 0.25) is 5.88 Å². The van der Waals surface area contributed by atoms with Gasteiger partial charge < -0.3 is 24.4 Å². The number of anilines is 2. The summed E-state index contributed by atoms with van der Waals surface area (Å²) in [5.41, 5.74) is 5.03. The normalized spacial score (nSPS) is 15.7. The number of pyridine rings is 1. The lowest BCUT2D eigenvalue weighted by Gasteiger charge is -2.30. The molecule has 3 aromatic carbocycles. The summed E-state index contributed by atoms with van der Waals surface area (Å²) in [6.07, 6.45) is -0.538. The minimum absolute atomic E-state index is 0.0765. The van der Waals surface area contributed by atoms with Gasteiger partial charge in [-0.05, 0) is 68.2 Å². The van der Waals surface area contributed by atoms with Crippen molar-refractivity contribution in [3.8, 4) is 28.6 Å². The second-order valence-corrected chi connectivity index (χ2v) is 10.3. The van der Waals surface area contributed by atoms with Gasteiger partial charge in [0.1, 0.15) is 12.3 Å². The molecule has 1 aromatic heterocycles. The second-order valence-electron chi connectivity index (χ2n) is 10.3. The first kappa shape index (κ1) is 26.3. The number of aromatic nitrogens is 1. The van der Waals surface area contributed by atoms with Crippen molar-refractivity contribution in [3.63, 3.8) is 0 Å². The van der Waals surface area contributed by atoms with Crippen LogP contribution in [0, 0.1) is 0 Å². The van der Waals surface area contributed by atoms with Gasteiger partial charge >= 0.3 is 0 Å². The summed E-state index contributed by atoms with van der Waals surface area (Å²) in [6.45, 7) is 1.15. The predicted molar refractivity (Wildman–Crippen MR) is 155 cm³/mol. The van der Waals surface area contributed by atoms with Crippen LogP contribution in [-0.2, 0) is 6.54 Å². The number of ether oxygens (including phenoxy) is 3. The third kappa shape index (κ3) is 5.19. The molecule has 2 aliphatic heterocycles. The molecule has 0 bridgehead atoms. The van der Waals surface area contributed by atoms with Crippen molar-refractivity contribution in [1.82, 2.24) is 14.8 Å². The molecule has 0 radical (unpaired) electrons. The molecule has 1 unspecified atom stereocenters. The second kappa shape index (κ2) is 10.9. The summed E-state index contributed by atoms with van der Waals surface area (Å²) in [4.78, 5) is 33.9. The van der Waals surface area contributed by atoms with Crippen LogP contribution in [0.2, 0.25) is 0 Å². The lowest BCUT2D eigenvalue weighted by molar-refractivity contribution is 0.0432. The van der Waals surface area contributed by atoms with Crippen LogP contribution in [0.5, 0.6) is 17.4 Å². The van der Waals surface area contributed by atoms with Crippen molar-refractivity contribution in [2.24, 2.45) is 0 Å². The number of nitrogens with zero attached hydrogens (tertiary/aromatic N) is 3. The van der Waals surface area contributed by atoms with Crippen molar-refractivity contribution in [2.45, 2.75) is 12.6 Å². The number of imide groups is 1. The lowest BCUT2D eigenvalue weighted by Crippen LogP contribution is -2.43. The first-order valence-electron chi connectivity index (χ1n) is 13.3. The monoisotopic (exact) mass is 550 g/mol. The Hall–Kier alpha value is -4.89. The van der Waals surface area contributed by atoms with E-state index in [1.807, 2.05) is 56.6 Å². The molecule has 1 N–H and O–H groups in total. The van der Waals surface area contributed by atoms with E-state index in [0.717, 1.165) is 17.9 Å². The van der Waals surface area contributed by atoms with Gasteiger partial charge in [0.05, 0.1) is 30.5 Å². The van der Waals surface area contributed by atoms with E-state index in [1.54, 1.807) is 31.4 Å². The van der Waals surface area contributed by atoms with Crippen LogP contribution < -0.4 is 19.5 Å². The number of rotatable bonds is 8. The molecule has 41 heavy (non-hydrogen) atoms. The molecule has 9 heteroatoms. The van der Waals surface area contributed by atoms with Gasteiger partial charge in [0.15, 0.2) is 17.6 Å². The molecule has 0 saturated carbocycles. The number of benzene rings is 3. The summed E-state index contributed by atoms with van der Waals surface area (Å²) in [5, 5.41) is 3.38. The minimum Gasteiger partial charge on any atom is -0.486 e. The first-order chi connectivity index (χ1) is 19.9. The molecule has 6 rings (SSSR count). The molecule has 0 fully saturated rings. The summed E-state index contributed by atoms with van der Waals surface area (Å²) in [5.74, 6) is 0.857. The van der Waals surface area contributed by atoms with Crippen molar-refractivity contribution < 1.29 is 23.8 Å². The Labute approximate surface area is 238 Å². The maximum Gasteiger partial charge on any atom is 0.261 e. The Balaban J connectivity index is 1.22. The number of para-hydroxylation sites is 1. The smallest absolute Gasteiger partial charge is 0.261 e. The summed E-state index contributed by atoms with van der Waals surface area (Å²) < 4.78 is 18.0. The Morgan fingerprint density at radius 1 is 0.927 bits per heavy atom. The van der Waals surface area contributed by atoms with Crippen LogP contribution >= 0.6 is 0 Å². The highest BCUT2D eigenvalue weighted by atomic mass is 16.6. The largest absolute Gasteiger partial charge is 0.486 e. The van der Waals surface area contributed by atoms with Gasteiger partial charge in [0.25, 0.3) is 11.8 Å². The molecule has 2 amide bonds. The molecule has 208 valence electrons. The summed E-state index contributed by atoms with van der Waals surface area (Å²) >= 11 is 0. The van der Waals surface area contributed by atoms with Gasteiger partial charge in [0, 0.05) is 17.8 Å². The van der Waals surface area contributed by atoms with E-state index in [0.29, 0.717) is 39.8 Å². The Morgan fingerprint density at radius 2 is 1.63 bits per heavy atom. The quantitative estimate of drug-likeness (QED) is 0.307. The average Bonchev–Trinajstić information content (AvgIpc) is 3.22. The number of fused-ring (bicyclic) bond motifs is 2. The Morgan fingerprint density at radius 3 is 2.32 bits per heavy atom. The van der Waals surface area contributed by atoms with Crippen LogP contribution in [0.25, 0.3) is 11.3 Å². The standard InChI is InChI=1S/C32H30N4O5/c1-35(2)17-20-11-13-21(14-12-20)33-27-16-15-26(34-30(27)39-3)25-9-6-10-28-29(25)41-22(19-40-28)18-36-31(37)23-7-4-5-8-24(23)32(36)38/h4-16,22,33H,17-19H2,1-3H3. The van der Waals surface area contributed by atoms with Crippen LogP contribution in [0.1, 0.15) is 26.3 Å². The van der Waals surface area contributed by atoms with E-state index >= 15 is 0 Å². The van der Waals surface area contributed by atoms with Gasteiger partial charge in [-0.15, -0.1) is 0 Å².